The third-order valence-electron chi connectivity index (χ3n) is 2.80. The molecule has 18 heavy (non-hydrogen) atoms. The second-order valence-electron chi connectivity index (χ2n) is 3.97. The number of ether oxygens (including phenoxy) is 1. The van der Waals surface area contributed by atoms with Gasteiger partial charge in [-0.25, -0.2) is 0 Å². The van der Waals surface area contributed by atoms with Crippen molar-refractivity contribution in [1.82, 2.24) is 0 Å². The Morgan fingerprint density at radius 1 is 1.06 bits per heavy atom. The number of rotatable bonds is 3. The zero-order valence-corrected chi connectivity index (χ0v) is 11.9. The molecule has 94 valence electrons. The summed E-state index contributed by atoms with van der Waals surface area (Å²) in [6.45, 7) is 0. The fourth-order valence-corrected chi connectivity index (χ4v) is 2.24. The van der Waals surface area contributed by atoms with E-state index in [1.165, 1.54) is 0 Å². The lowest BCUT2D eigenvalue weighted by atomic mass is 10.2. The molecular weight excluding hydrogens is 292 g/mol. The molecule has 4 heteroatoms. The number of nitrogens with two attached hydrogens (primary N) is 1. The van der Waals surface area contributed by atoms with E-state index in [-0.39, 0.29) is 0 Å². The van der Waals surface area contributed by atoms with Gasteiger partial charge in [-0.2, -0.15) is 0 Å². The van der Waals surface area contributed by atoms with E-state index in [9.17, 15) is 0 Å². The maximum Gasteiger partial charge on any atom is 0.133 e. The minimum Gasteiger partial charge on any atom is -0.496 e. The maximum atomic E-state index is 5.68. The lowest BCUT2D eigenvalue weighted by Crippen LogP contribution is -2.09. The van der Waals surface area contributed by atoms with Gasteiger partial charge in [-0.05, 0) is 58.4 Å². The molecule has 2 N–H and O–H groups in total. The molecule has 0 saturated carbocycles. The first-order valence-corrected chi connectivity index (χ1v) is 6.34. The van der Waals surface area contributed by atoms with Crippen LogP contribution in [0.4, 0.5) is 17.1 Å². The molecule has 0 saturated heterocycles. The number of nitrogens with zero attached hydrogens (tertiary/aromatic N) is 1. The van der Waals surface area contributed by atoms with Gasteiger partial charge in [0.25, 0.3) is 0 Å². The van der Waals surface area contributed by atoms with E-state index in [0.29, 0.717) is 0 Å². The molecule has 0 fully saturated rings. The average molecular weight is 307 g/mol. The first-order valence-electron chi connectivity index (χ1n) is 5.54. The smallest absolute Gasteiger partial charge is 0.133 e. The number of hydrogen-bond donors (Lipinski definition) is 1. The van der Waals surface area contributed by atoms with Gasteiger partial charge in [-0.15, -0.1) is 0 Å². The fraction of sp³-hybridized carbons (Fsp3) is 0.143. The molecule has 2 aromatic rings. The third kappa shape index (κ3) is 2.59. The van der Waals surface area contributed by atoms with Gasteiger partial charge in [0.2, 0.25) is 0 Å². The van der Waals surface area contributed by atoms with Crippen molar-refractivity contribution < 1.29 is 4.74 Å². The van der Waals surface area contributed by atoms with Crippen LogP contribution in [0.15, 0.2) is 46.9 Å². The highest BCUT2D eigenvalue weighted by atomic mass is 79.9. The summed E-state index contributed by atoms with van der Waals surface area (Å²) >= 11 is 3.49. The van der Waals surface area contributed by atoms with E-state index in [2.05, 4.69) is 20.8 Å². The van der Waals surface area contributed by atoms with Crippen LogP contribution in [0.5, 0.6) is 5.75 Å². The Kier molecular flexibility index (Phi) is 3.77. The Morgan fingerprint density at radius 3 is 2.22 bits per heavy atom. The SMILES string of the molecule is COc1ccc(N(C)c2ccc(N)cc2)cc1Br. The van der Waals surface area contributed by atoms with Crippen molar-refractivity contribution in [2.45, 2.75) is 0 Å². The number of nitrogen functional groups attached to an aromatic ring is 1. The first kappa shape index (κ1) is 12.8. The molecule has 0 atom stereocenters. The van der Waals surface area contributed by atoms with Crippen molar-refractivity contribution in [3.05, 3.63) is 46.9 Å². The van der Waals surface area contributed by atoms with Crippen molar-refractivity contribution in [1.29, 1.82) is 0 Å². The van der Waals surface area contributed by atoms with Crippen LogP contribution in [-0.2, 0) is 0 Å². The number of methoxy groups -OCH3 is 1. The summed E-state index contributed by atoms with van der Waals surface area (Å²) in [5.41, 5.74) is 8.61. The highest BCUT2D eigenvalue weighted by molar-refractivity contribution is 9.10. The predicted molar refractivity (Wildman–Crippen MR) is 79.6 cm³/mol. The first-order chi connectivity index (χ1) is 8.61. The van der Waals surface area contributed by atoms with Gasteiger partial charge in [0.1, 0.15) is 5.75 Å². The van der Waals surface area contributed by atoms with Gasteiger partial charge >= 0.3 is 0 Å². The van der Waals surface area contributed by atoms with E-state index < -0.39 is 0 Å². The number of hydrogen-bond acceptors (Lipinski definition) is 3. The molecule has 3 nitrogen and oxygen atoms in total. The van der Waals surface area contributed by atoms with Crippen LogP contribution in [0.1, 0.15) is 0 Å². The Bertz CT molecular complexity index is 540. The lowest BCUT2D eigenvalue weighted by Gasteiger charge is -2.20. The third-order valence-corrected chi connectivity index (χ3v) is 3.42. The summed E-state index contributed by atoms with van der Waals surface area (Å²) in [7, 11) is 3.67. The van der Waals surface area contributed by atoms with Crippen LogP contribution in [0, 0.1) is 0 Å². The molecule has 0 aliphatic heterocycles. The summed E-state index contributed by atoms with van der Waals surface area (Å²) in [5.74, 6) is 0.824. The zero-order valence-electron chi connectivity index (χ0n) is 10.4. The van der Waals surface area contributed by atoms with Crippen molar-refractivity contribution in [2.24, 2.45) is 0 Å². The summed E-state index contributed by atoms with van der Waals surface area (Å²) in [4.78, 5) is 2.09. The second-order valence-corrected chi connectivity index (χ2v) is 4.82. The van der Waals surface area contributed by atoms with Crippen LogP contribution in [0.3, 0.4) is 0 Å². The molecular formula is C14H15BrN2O. The van der Waals surface area contributed by atoms with E-state index >= 15 is 0 Å². The fourth-order valence-electron chi connectivity index (χ4n) is 1.71. The van der Waals surface area contributed by atoms with Gasteiger partial charge in [0, 0.05) is 24.1 Å². The highest BCUT2D eigenvalue weighted by Crippen LogP contribution is 2.32. The average Bonchev–Trinajstić information content (AvgIpc) is 2.38. The minimum absolute atomic E-state index is 0.767. The van der Waals surface area contributed by atoms with Gasteiger partial charge in [-0.3, -0.25) is 0 Å². The molecule has 0 aliphatic rings. The normalized spacial score (nSPS) is 10.2. The molecule has 0 heterocycles. The van der Waals surface area contributed by atoms with Crippen molar-refractivity contribution in [3.8, 4) is 5.75 Å². The minimum atomic E-state index is 0.767. The molecule has 0 bridgehead atoms. The van der Waals surface area contributed by atoms with Gasteiger partial charge in [0.15, 0.2) is 0 Å². The largest absolute Gasteiger partial charge is 0.496 e. The number of anilines is 3. The van der Waals surface area contributed by atoms with Crippen LogP contribution in [0.2, 0.25) is 0 Å². The molecule has 0 unspecified atom stereocenters. The van der Waals surface area contributed by atoms with Crippen molar-refractivity contribution in [3.63, 3.8) is 0 Å². The second kappa shape index (κ2) is 5.31. The number of halogens is 1. The Morgan fingerprint density at radius 2 is 1.67 bits per heavy atom. The topological polar surface area (TPSA) is 38.5 Å². The Labute approximate surface area is 115 Å². The van der Waals surface area contributed by atoms with Gasteiger partial charge in [-0.1, -0.05) is 0 Å². The summed E-state index contributed by atoms with van der Waals surface area (Å²) < 4.78 is 6.15. The van der Waals surface area contributed by atoms with E-state index in [4.69, 9.17) is 10.5 Å². The summed E-state index contributed by atoms with van der Waals surface area (Å²) in [6, 6.07) is 13.7. The molecule has 0 amide bonds. The Hall–Kier alpha value is -1.68. The van der Waals surface area contributed by atoms with Crippen molar-refractivity contribution in [2.75, 3.05) is 24.8 Å². The highest BCUT2D eigenvalue weighted by Gasteiger charge is 2.07. The molecule has 2 rings (SSSR count). The van der Waals surface area contributed by atoms with E-state index in [0.717, 1.165) is 27.3 Å². The predicted octanol–water partition coefficient (Wildman–Crippen LogP) is 3.81. The molecule has 0 aromatic heterocycles. The van der Waals surface area contributed by atoms with E-state index in [1.807, 2.05) is 49.5 Å². The molecule has 0 spiro atoms. The lowest BCUT2D eigenvalue weighted by molar-refractivity contribution is 0.412. The monoisotopic (exact) mass is 306 g/mol. The molecule has 0 aliphatic carbocycles. The quantitative estimate of drug-likeness (QED) is 0.876. The summed E-state index contributed by atoms with van der Waals surface area (Å²) in [5, 5.41) is 0. The van der Waals surface area contributed by atoms with Crippen LogP contribution in [0.25, 0.3) is 0 Å². The van der Waals surface area contributed by atoms with Crippen LogP contribution < -0.4 is 15.4 Å². The molecule has 2 aromatic carbocycles. The molecule has 0 radical (unpaired) electrons. The van der Waals surface area contributed by atoms with Gasteiger partial charge < -0.3 is 15.4 Å². The van der Waals surface area contributed by atoms with Crippen molar-refractivity contribution >= 4 is 33.0 Å². The maximum absolute atomic E-state index is 5.68. The zero-order chi connectivity index (χ0) is 13.1. The standard InChI is InChI=1S/C14H15BrN2O/c1-17(11-5-3-10(16)4-6-11)12-7-8-14(18-2)13(15)9-12/h3-9H,16H2,1-2H3. The Balaban J connectivity index is 2.31. The van der Waals surface area contributed by atoms with Crippen LogP contribution in [-0.4, -0.2) is 14.2 Å². The summed E-state index contributed by atoms with van der Waals surface area (Å²) in [6.07, 6.45) is 0. The van der Waals surface area contributed by atoms with E-state index in [1.54, 1.807) is 7.11 Å². The number of benzene rings is 2. The van der Waals surface area contributed by atoms with Crippen LogP contribution >= 0.6 is 15.9 Å². The van der Waals surface area contributed by atoms with Gasteiger partial charge in [0.05, 0.1) is 11.6 Å².